The van der Waals surface area contributed by atoms with Crippen molar-refractivity contribution in [2.45, 2.75) is 20.8 Å². The lowest BCUT2D eigenvalue weighted by molar-refractivity contribution is -0.385. The number of hydrogen-bond acceptors (Lipinski definition) is 5. The van der Waals surface area contributed by atoms with Crippen LogP contribution in [0.3, 0.4) is 0 Å². The Labute approximate surface area is 113 Å². The largest absolute Gasteiger partial charge is 0.476 e. The number of rotatable bonds is 3. The fraction of sp³-hybridized carbons (Fsp3) is 0.250. The molecule has 0 saturated heterocycles. The first-order valence-electron chi connectivity index (χ1n) is 5.75. The molecule has 1 aromatic carbocycles. The quantitative estimate of drug-likeness (QED) is 0.675. The van der Waals surface area contributed by atoms with E-state index in [4.69, 9.17) is 5.11 Å². The Kier molecular flexibility index (Phi) is 3.23. The van der Waals surface area contributed by atoms with Gasteiger partial charge in [0.15, 0.2) is 5.69 Å². The number of nitrogens with zero attached hydrogens (tertiary/aromatic N) is 4. The van der Waals surface area contributed by atoms with E-state index < -0.39 is 10.9 Å². The summed E-state index contributed by atoms with van der Waals surface area (Å²) in [5.74, 6) is -1.19. The minimum Gasteiger partial charge on any atom is -0.476 e. The minimum absolute atomic E-state index is 0.0441. The fourth-order valence-corrected chi connectivity index (χ4v) is 2.09. The van der Waals surface area contributed by atoms with Crippen LogP contribution in [0.5, 0.6) is 0 Å². The molecule has 0 bridgehead atoms. The maximum Gasteiger partial charge on any atom is 0.358 e. The number of nitro groups is 1. The Hall–Kier alpha value is -2.77. The topological polar surface area (TPSA) is 111 Å². The van der Waals surface area contributed by atoms with E-state index in [0.717, 1.165) is 5.56 Å². The molecule has 0 aliphatic rings. The number of nitro benzene ring substituents is 1. The Morgan fingerprint density at radius 2 is 2.00 bits per heavy atom. The van der Waals surface area contributed by atoms with Crippen LogP contribution in [0.4, 0.5) is 5.69 Å². The standard InChI is InChI=1S/C12H12N4O4/c1-6-4-5-9(16(19)20)7(2)11(6)15-8(3)10(12(17)18)13-14-15/h4-5H,1-3H3,(H,17,18). The van der Waals surface area contributed by atoms with Crippen molar-refractivity contribution in [2.75, 3.05) is 0 Å². The average Bonchev–Trinajstić information content (AvgIpc) is 2.71. The van der Waals surface area contributed by atoms with Crippen molar-refractivity contribution >= 4 is 11.7 Å². The van der Waals surface area contributed by atoms with Crippen LogP contribution in [0.1, 0.15) is 27.3 Å². The van der Waals surface area contributed by atoms with E-state index >= 15 is 0 Å². The van der Waals surface area contributed by atoms with Gasteiger partial charge < -0.3 is 5.11 Å². The second-order valence-corrected chi connectivity index (χ2v) is 4.37. The number of carboxylic acid groups (broad SMARTS) is 1. The highest BCUT2D eigenvalue weighted by Crippen LogP contribution is 2.28. The second-order valence-electron chi connectivity index (χ2n) is 4.37. The van der Waals surface area contributed by atoms with Crippen LogP contribution in [0.25, 0.3) is 5.69 Å². The molecule has 2 aromatic rings. The van der Waals surface area contributed by atoms with E-state index in [0.29, 0.717) is 16.9 Å². The SMILES string of the molecule is Cc1ccc([N+](=O)[O-])c(C)c1-n1nnc(C(=O)O)c1C. The Bertz CT molecular complexity index is 720. The molecule has 8 nitrogen and oxygen atoms in total. The highest BCUT2D eigenvalue weighted by Gasteiger charge is 2.22. The smallest absolute Gasteiger partial charge is 0.358 e. The molecule has 0 spiro atoms. The van der Waals surface area contributed by atoms with Crippen LogP contribution in [-0.4, -0.2) is 31.0 Å². The van der Waals surface area contributed by atoms with Crippen LogP contribution < -0.4 is 0 Å². The monoisotopic (exact) mass is 276 g/mol. The Balaban J connectivity index is 2.73. The molecule has 1 N–H and O–H groups in total. The molecule has 0 fully saturated rings. The van der Waals surface area contributed by atoms with Gasteiger partial charge in [0.05, 0.1) is 21.9 Å². The van der Waals surface area contributed by atoms with Crippen LogP contribution >= 0.6 is 0 Å². The van der Waals surface area contributed by atoms with Gasteiger partial charge in [0, 0.05) is 6.07 Å². The molecular formula is C12H12N4O4. The van der Waals surface area contributed by atoms with E-state index in [1.807, 2.05) is 0 Å². The van der Waals surface area contributed by atoms with E-state index in [1.165, 1.54) is 10.7 Å². The third kappa shape index (κ3) is 2.00. The number of benzene rings is 1. The summed E-state index contributed by atoms with van der Waals surface area (Å²) in [6.45, 7) is 4.93. The van der Waals surface area contributed by atoms with Gasteiger partial charge in [-0.2, -0.15) is 0 Å². The molecule has 0 atom stereocenters. The lowest BCUT2D eigenvalue weighted by Gasteiger charge is -2.11. The van der Waals surface area contributed by atoms with Crippen molar-refractivity contribution in [3.05, 3.63) is 44.8 Å². The number of carbonyl (C=O) groups is 1. The third-order valence-electron chi connectivity index (χ3n) is 3.11. The van der Waals surface area contributed by atoms with Gasteiger partial charge in [-0.1, -0.05) is 11.3 Å². The molecule has 2 rings (SSSR count). The summed E-state index contributed by atoms with van der Waals surface area (Å²) in [5.41, 5.74) is 1.76. The summed E-state index contributed by atoms with van der Waals surface area (Å²) in [4.78, 5) is 21.5. The van der Waals surface area contributed by atoms with Crippen molar-refractivity contribution in [3.63, 3.8) is 0 Å². The van der Waals surface area contributed by atoms with E-state index in [9.17, 15) is 14.9 Å². The minimum atomic E-state index is -1.19. The molecule has 104 valence electrons. The summed E-state index contributed by atoms with van der Waals surface area (Å²) < 4.78 is 1.32. The number of carboxylic acids is 1. The van der Waals surface area contributed by atoms with Gasteiger partial charge in [0.25, 0.3) is 5.69 Å². The van der Waals surface area contributed by atoms with Crippen molar-refractivity contribution in [1.29, 1.82) is 0 Å². The van der Waals surface area contributed by atoms with E-state index in [2.05, 4.69) is 10.3 Å². The van der Waals surface area contributed by atoms with E-state index in [-0.39, 0.29) is 11.4 Å². The van der Waals surface area contributed by atoms with Gasteiger partial charge in [0.1, 0.15) is 0 Å². The third-order valence-corrected chi connectivity index (χ3v) is 3.11. The van der Waals surface area contributed by atoms with Crippen molar-refractivity contribution < 1.29 is 14.8 Å². The van der Waals surface area contributed by atoms with Gasteiger partial charge in [-0.3, -0.25) is 10.1 Å². The number of aromatic nitrogens is 3. The van der Waals surface area contributed by atoms with Gasteiger partial charge in [-0.05, 0) is 26.3 Å². The van der Waals surface area contributed by atoms with Crippen LogP contribution in [0.2, 0.25) is 0 Å². The summed E-state index contributed by atoms with van der Waals surface area (Å²) >= 11 is 0. The lowest BCUT2D eigenvalue weighted by atomic mass is 10.1. The van der Waals surface area contributed by atoms with Crippen molar-refractivity contribution in [2.24, 2.45) is 0 Å². The maximum absolute atomic E-state index is 11.0. The normalized spacial score (nSPS) is 10.6. The van der Waals surface area contributed by atoms with E-state index in [1.54, 1.807) is 26.8 Å². The van der Waals surface area contributed by atoms with Gasteiger partial charge in [0.2, 0.25) is 0 Å². The first kappa shape index (κ1) is 13.7. The maximum atomic E-state index is 11.0. The number of aromatic carboxylic acids is 1. The molecule has 0 radical (unpaired) electrons. The Morgan fingerprint density at radius 1 is 1.35 bits per heavy atom. The van der Waals surface area contributed by atoms with Crippen molar-refractivity contribution in [1.82, 2.24) is 15.0 Å². The average molecular weight is 276 g/mol. The zero-order valence-corrected chi connectivity index (χ0v) is 11.1. The predicted molar refractivity (Wildman–Crippen MR) is 69.2 cm³/mol. The van der Waals surface area contributed by atoms with Gasteiger partial charge in [-0.15, -0.1) is 5.10 Å². The van der Waals surface area contributed by atoms with Gasteiger partial charge in [-0.25, -0.2) is 9.48 Å². The molecule has 0 aliphatic carbocycles. The number of aryl methyl sites for hydroxylation is 1. The van der Waals surface area contributed by atoms with Crippen LogP contribution in [-0.2, 0) is 0 Å². The zero-order chi connectivity index (χ0) is 15.0. The van der Waals surface area contributed by atoms with Crippen LogP contribution in [0, 0.1) is 30.9 Å². The Morgan fingerprint density at radius 3 is 2.50 bits per heavy atom. The molecule has 1 heterocycles. The lowest BCUT2D eigenvalue weighted by Crippen LogP contribution is -2.07. The fourth-order valence-electron chi connectivity index (χ4n) is 2.09. The van der Waals surface area contributed by atoms with Crippen molar-refractivity contribution in [3.8, 4) is 5.69 Å². The molecule has 1 aromatic heterocycles. The first-order valence-corrected chi connectivity index (χ1v) is 5.75. The molecular weight excluding hydrogens is 264 g/mol. The summed E-state index contributed by atoms with van der Waals surface area (Å²) in [5, 5.41) is 27.3. The number of hydrogen-bond donors (Lipinski definition) is 1. The zero-order valence-electron chi connectivity index (χ0n) is 11.1. The predicted octanol–water partition coefficient (Wildman–Crippen LogP) is 1.80. The molecule has 8 heteroatoms. The molecule has 0 aliphatic heterocycles. The van der Waals surface area contributed by atoms with Gasteiger partial charge >= 0.3 is 5.97 Å². The first-order chi connectivity index (χ1) is 9.34. The highest BCUT2D eigenvalue weighted by molar-refractivity contribution is 5.86. The second kappa shape index (κ2) is 4.72. The molecule has 0 amide bonds. The molecule has 0 saturated carbocycles. The summed E-state index contributed by atoms with van der Waals surface area (Å²) in [6, 6.07) is 3.01. The molecule has 20 heavy (non-hydrogen) atoms. The summed E-state index contributed by atoms with van der Waals surface area (Å²) in [6.07, 6.45) is 0. The van der Waals surface area contributed by atoms with Crippen LogP contribution in [0.15, 0.2) is 12.1 Å². The molecule has 0 unspecified atom stereocenters. The highest BCUT2D eigenvalue weighted by atomic mass is 16.6. The summed E-state index contributed by atoms with van der Waals surface area (Å²) in [7, 11) is 0.